The van der Waals surface area contributed by atoms with E-state index in [2.05, 4.69) is 15.7 Å². The summed E-state index contributed by atoms with van der Waals surface area (Å²) in [6, 6.07) is 16.3. The van der Waals surface area contributed by atoms with Crippen LogP contribution in [0.3, 0.4) is 0 Å². The first kappa shape index (κ1) is 19.5. The molecule has 2 heterocycles. The van der Waals surface area contributed by atoms with Crippen molar-refractivity contribution >= 4 is 34.5 Å². The fraction of sp³-hybridized carbons (Fsp3) is 0.0455. The molecule has 0 aliphatic carbocycles. The van der Waals surface area contributed by atoms with Crippen molar-refractivity contribution in [3.63, 3.8) is 0 Å². The zero-order valence-corrected chi connectivity index (χ0v) is 16.7. The van der Waals surface area contributed by atoms with Gasteiger partial charge in [0.1, 0.15) is 5.82 Å². The van der Waals surface area contributed by atoms with E-state index in [1.54, 1.807) is 54.1 Å². The molecule has 0 radical (unpaired) electrons. The normalized spacial score (nSPS) is 10.6. The Hall–Kier alpha value is -3.78. The van der Waals surface area contributed by atoms with E-state index in [1.165, 1.54) is 29.7 Å². The molecule has 0 unspecified atom stereocenters. The smallest absolute Gasteiger partial charge is 0.265 e. The highest BCUT2D eigenvalue weighted by molar-refractivity contribution is 7.12. The lowest BCUT2D eigenvalue weighted by Crippen LogP contribution is -2.14. The lowest BCUT2D eigenvalue weighted by atomic mass is 10.2. The number of hydrogen-bond donors (Lipinski definition) is 2. The van der Waals surface area contributed by atoms with Crippen molar-refractivity contribution in [1.82, 2.24) is 9.78 Å². The van der Waals surface area contributed by atoms with E-state index >= 15 is 0 Å². The second-order valence-electron chi connectivity index (χ2n) is 6.50. The number of nitrogens with zero attached hydrogens (tertiary/aromatic N) is 2. The van der Waals surface area contributed by atoms with Crippen LogP contribution in [0.1, 0.15) is 25.7 Å². The van der Waals surface area contributed by atoms with Crippen LogP contribution in [-0.4, -0.2) is 21.6 Å². The maximum absolute atomic E-state index is 13.2. The maximum Gasteiger partial charge on any atom is 0.265 e. The summed E-state index contributed by atoms with van der Waals surface area (Å²) in [7, 11) is 0. The van der Waals surface area contributed by atoms with Crippen molar-refractivity contribution < 1.29 is 14.0 Å². The van der Waals surface area contributed by atoms with E-state index in [0.717, 1.165) is 0 Å². The summed E-state index contributed by atoms with van der Waals surface area (Å²) in [5, 5.41) is 11.7. The van der Waals surface area contributed by atoms with Gasteiger partial charge in [-0.1, -0.05) is 12.1 Å². The van der Waals surface area contributed by atoms with E-state index in [9.17, 15) is 14.0 Å². The molecule has 0 aliphatic heterocycles. The van der Waals surface area contributed by atoms with Crippen molar-refractivity contribution in [2.45, 2.75) is 6.92 Å². The summed E-state index contributed by atoms with van der Waals surface area (Å²) in [6.07, 6.45) is 1.47. The summed E-state index contributed by atoms with van der Waals surface area (Å²) < 4.78 is 14.7. The van der Waals surface area contributed by atoms with E-state index < -0.39 is 0 Å². The number of hydrogen-bond acceptors (Lipinski definition) is 4. The highest BCUT2D eigenvalue weighted by atomic mass is 32.1. The first-order valence-electron chi connectivity index (χ1n) is 9.08. The molecule has 2 aromatic heterocycles. The minimum atomic E-state index is -0.340. The van der Waals surface area contributed by atoms with Crippen LogP contribution in [0.4, 0.5) is 15.8 Å². The number of amides is 2. The minimum absolute atomic E-state index is 0.204. The van der Waals surface area contributed by atoms with Crippen LogP contribution in [0.5, 0.6) is 0 Å². The highest BCUT2D eigenvalue weighted by Gasteiger charge is 2.16. The zero-order valence-electron chi connectivity index (χ0n) is 15.9. The molecule has 2 aromatic carbocycles. The molecule has 0 fully saturated rings. The Morgan fingerprint density at radius 3 is 2.33 bits per heavy atom. The molecule has 4 aromatic rings. The van der Waals surface area contributed by atoms with Gasteiger partial charge in [0, 0.05) is 11.4 Å². The number of carbonyl (C=O) groups excluding carboxylic acids is 2. The maximum atomic E-state index is 13.2. The molecular weight excluding hydrogens is 403 g/mol. The van der Waals surface area contributed by atoms with Gasteiger partial charge < -0.3 is 10.6 Å². The summed E-state index contributed by atoms with van der Waals surface area (Å²) in [5.74, 6) is -0.875. The summed E-state index contributed by atoms with van der Waals surface area (Å²) in [4.78, 5) is 25.6. The van der Waals surface area contributed by atoms with E-state index in [-0.39, 0.29) is 17.6 Å². The molecule has 2 N–H and O–H groups in total. The highest BCUT2D eigenvalue weighted by Crippen LogP contribution is 2.20. The van der Waals surface area contributed by atoms with Crippen LogP contribution in [0.25, 0.3) is 5.69 Å². The van der Waals surface area contributed by atoms with Crippen LogP contribution < -0.4 is 10.6 Å². The fourth-order valence-corrected chi connectivity index (χ4v) is 3.57. The van der Waals surface area contributed by atoms with Crippen molar-refractivity contribution in [3.8, 4) is 5.69 Å². The molecule has 8 heteroatoms. The number of aromatic nitrogens is 2. The van der Waals surface area contributed by atoms with Crippen molar-refractivity contribution in [1.29, 1.82) is 0 Å². The monoisotopic (exact) mass is 420 g/mol. The van der Waals surface area contributed by atoms with Gasteiger partial charge in [0.25, 0.3) is 11.8 Å². The van der Waals surface area contributed by atoms with Gasteiger partial charge in [-0.25, -0.2) is 9.07 Å². The molecule has 6 nitrogen and oxygen atoms in total. The fourth-order valence-electron chi connectivity index (χ4n) is 2.95. The van der Waals surface area contributed by atoms with E-state index in [0.29, 0.717) is 33.2 Å². The molecule has 0 atom stereocenters. The minimum Gasteiger partial charge on any atom is -0.322 e. The number of anilines is 2. The number of rotatable bonds is 5. The molecule has 0 saturated carbocycles. The molecule has 0 saturated heterocycles. The Labute approximate surface area is 176 Å². The SMILES string of the molecule is Cc1c(C(=O)Nc2cccc(NC(=O)c3cccs3)c2)cnn1-c1ccc(F)cc1. The average molecular weight is 420 g/mol. The zero-order chi connectivity index (χ0) is 21.1. The Balaban J connectivity index is 1.49. The first-order chi connectivity index (χ1) is 14.5. The van der Waals surface area contributed by atoms with Crippen molar-refractivity contribution in [2.75, 3.05) is 10.6 Å². The van der Waals surface area contributed by atoms with Crippen molar-refractivity contribution in [3.05, 3.63) is 94.2 Å². The van der Waals surface area contributed by atoms with Gasteiger partial charge in [-0.05, 0) is 60.8 Å². The third-order valence-electron chi connectivity index (χ3n) is 4.45. The van der Waals surface area contributed by atoms with Gasteiger partial charge in [-0.3, -0.25) is 9.59 Å². The third kappa shape index (κ3) is 4.13. The topological polar surface area (TPSA) is 76.0 Å². The molecule has 150 valence electrons. The lowest BCUT2D eigenvalue weighted by molar-refractivity contribution is 0.102. The van der Waals surface area contributed by atoms with Gasteiger partial charge >= 0.3 is 0 Å². The average Bonchev–Trinajstić information content (AvgIpc) is 3.39. The quantitative estimate of drug-likeness (QED) is 0.483. The van der Waals surface area contributed by atoms with Gasteiger partial charge in [0.05, 0.1) is 28.0 Å². The number of halogens is 1. The summed E-state index contributed by atoms with van der Waals surface area (Å²) in [6.45, 7) is 1.77. The Morgan fingerprint density at radius 2 is 1.67 bits per heavy atom. The number of carbonyl (C=O) groups is 2. The molecular formula is C22H17FN4O2S. The predicted molar refractivity (Wildman–Crippen MR) is 115 cm³/mol. The standard InChI is InChI=1S/C22H17FN4O2S/c1-14-19(13-24-27(14)18-9-7-15(23)8-10-18)21(28)25-16-4-2-5-17(12-16)26-22(29)20-6-3-11-30-20/h2-13H,1H3,(H,25,28)(H,26,29). The molecule has 30 heavy (non-hydrogen) atoms. The van der Waals surface area contributed by atoms with E-state index in [4.69, 9.17) is 0 Å². The largest absolute Gasteiger partial charge is 0.322 e. The summed E-state index contributed by atoms with van der Waals surface area (Å²) >= 11 is 1.35. The number of benzene rings is 2. The van der Waals surface area contributed by atoms with Crippen LogP contribution in [0.15, 0.2) is 72.2 Å². The number of nitrogens with one attached hydrogen (secondary N) is 2. The van der Waals surface area contributed by atoms with Gasteiger partial charge in [0.2, 0.25) is 0 Å². The molecule has 0 bridgehead atoms. The van der Waals surface area contributed by atoms with Crippen molar-refractivity contribution in [2.24, 2.45) is 0 Å². The lowest BCUT2D eigenvalue weighted by Gasteiger charge is -2.09. The molecule has 2 amide bonds. The Bertz CT molecular complexity index is 1200. The Morgan fingerprint density at radius 1 is 0.967 bits per heavy atom. The van der Waals surface area contributed by atoms with Gasteiger partial charge in [-0.15, -0.1) is 11.3 Å². The second kappa shape index (κ2) is 8.30. The molecule has 4 rings (SSSR count). The third-order valence-corrected chi connectivity index (χ3v) is 5.32. The second-order valence-corrected chi connectivity index (χ2v) is 7.45. The number of thiophene rings is 1. The first-order valence-corrected chi connectivity index (χ1v) is 9.96. The van der Waals surface area contributed by atoms with Crippen LogP contribution in [-0.2, 0) is 0 Å². The van der Waals surface area contributed by atoms with Gasteiger partial charge in [-0.2, -0.15) is 5.10 Å². The predicted octanol–water partition coefficient (Wildman–Crippen LogP) is 4.89. The van der Waals surface area contributed by atoms with Crippen LogP contribution >= 0.6 is 11.3 Å². The van der Waals surface area contributed by atoms with E-state index in [1.807, 2.05) is 11.4 Å². The van der Waals surface area contributed by atoms with Crippen LogP contribution in [0.2, 0.25) is 0 Å². The molecule has 0 aliphatic rings. The van der Waals surface area contributed by atoms with Gasteiger partial charge in [0.15, 0.2) is 0 Å². The Kier molecular flexibility index (Phi) is 5.40. The molecule has 0 spiro atoms. The van der Waals surface area contributed by atoms with Crippen LogP contribution in [0, 0.1) is 12.7 Å². The summed E-state index contributed by atoms with van der Waals surface area (Å²) in [5.41, 5.74) is 2.79.